The van der Waals surface area contributed by atoms with E-state index < -0.39 is 0 Å². The van der Waals surface area contributed by atoms with Gasteiger partial charge in [0.05, 0.1) is 6.42 Å². The molecule has 2 aromatic heterocycles. The van der Waals surface area contributed by atoms with Crippen molar-refractivity contribution >= 4 is 0 Å². The van der Waals surface area contributed by atoms with E-state index >= 15 is 0 Å². The van der Waals surface area contributed by atoms with Gasteiger partial charge in [0.2, 0.25) is 12.3 Å². The highest BCUT2D eigenvalue weighted by molar-refractivity contribution is 5.10. The summed E-state index contributed by atoms with van der Waals surface area (Å²) >= 11 is 0. The Hall–Kier alpha value is -1.58. The maximum absolute atomic E-state index is 5.03. The van der Waals surface area contributed by atoms with Gasteiger partial charge in [-0.25, -0.2) is 0 Å². The summed E-state index contributed by atoms with van der Waals surface area (Å²) in [5.74, 6) is 0.650. The predicted molar refractivity (Wildman–Crippen MR) is 42.5 cm³/mol. The molecule has 0 spiro atoms. The first-order valence-electron chi connectivity index (χ1n) is 3.71. The van der Waals surface area contributed by atoms with Crippen LogP contribution in [-0.2, 0) is 13.5 Å². The first-order valence-corrected chi connectivity index (χ1v) is 3.71. The summed E-state index contributed by atoms with van der Waals surface area (Å²) in [5, 5.41) is 7.41. The molecule has 4 heteroatoms. The quantitative estimate of drug-likeness (QED) is 0.663. The molecule has 0 atom stereocenters. The summed E-state index contributed by atoms with van der Waals surface area (Å²) in [5.41, 5.74) is 1.17. The summed E-state index contributed by atoms with van der Waals surface area (Å²) in [6, 6.07) is 4.02. The minimum atomic E-state index is 0.650. The predicted octanol–water partition coefficient (Wildman–Crippen LogP) is 0.999. The second-order valence-electron chi connectivity index (χ2n) is 2.62. The van der Waals surface area contributed by atoms with Gasteiger partial charge in [0.1, 0.15) is 0 Å². The number of rotatable bonds is 2. The third-order valence-corrected chi connectivity index (χ3v) is 1.79. The monoisotopic (exact) mass is 163 g/mol. The molecule has 0 fully saturated rings. The molecule has 0 amide bonds. The van der Waals surface area contributed by atoms with E-state index in [9.17, 15) is 0 Å². The number of nitrogens with zero attached hydrogens (tertiary/aromatic N) is 3. The lowest BCUT2D eigenvalue weighted by Crippen LogP contribution is -1.96. The van der Waals surface area contributed by atoms with E-state index in [1.807, 2.05) is 29.9 Å². The van der Waals surface area contributed by atoms with Crippen LogP contribution in [0.15, 0.2) is 29.1 Å². The summed E-state index contributed by atoms with van der Waals surface area (Å²) in [7, 11) is 1.99. The Morgan fingerprint density at radius 3 is 3.08 bits per heavy atom. The molecule has 4 nitrogen and oxygen atoms in total. The molecule has 2 aromatic rings. The van der Waals surface area contributed by atoms with Crippen molar-refractivity contribution in [2.45, 2.75) is 6.42 Å². The SMILES string of the molecule is Cn1cccc1Cc1nnco1. The molecule has 0 saturated heterocycles. The van der Waals surface area contributed by atoms with Crippen molar-refractivity contribution in [3.05, 3.63) is 36.3 Å². The largest absolute Gasteiger partial charge is 0.428 e. The highest BCUT2D eigenvalue weighted by atomic mass is 16.4. The normalized spacial score (nSPS) is 10.4. The topological polar surface area (TPSA) is 43.9 Å². The zero-order valence-electron chi connectivity index (χ0n) is 6.77. The average molecular weight is 163 g/mol. The van der Waals surface area contributed by atoms with Crippen LogP contribution in [0, 0.1) is 0 Å². The van der Waals surface area contributed by atoms with E-state index in [2.05, 4.69) is 10.2 Å². The van der Waals surface area contributed by atoms with Crippen LogP contribution >= 0.6 is 0 Å². The molecular formula is C8H9N3O. The van der Waals surface area contributed by atoms with Gasteiger partial charge < -0.3 is 8.98 Å². The van der Waals surface area contributed by atoms with Crippen LogP contribution in [0.25, 0.3) is 0 Å². The minimum Gasteiger partial charge on any atom is -0.428 e. The Bertz CT molecular complexity index is 350. The van der Waals surface area contributed by atoms with Crippen LogP contribution in [0.2, 0.25) is 0 Å². The van der Waals surface area contributed by atoms with Crippen LogP contribution in [-0.4, -0.2) is 14.8 Å². The van der Waals surface area contributed by atoms with Gasteiger partial charge in [-0.1, -0.05) is 0 Å². The van der Waals surface area contributed by atoms with Crippen molar-refractivity contribution in [1.29, 1.82) is 0 Å². The van der Waals surface area contributed by atoms with Gasteiger partial charge in [-0.05, 0) is 12.1 Å². The van der Waals surface area contributed by atoms with Crippen molar-refractivity contribution in [2.75, 3.05) is 0 Å². The number of hydrogen-bond donors (Lipinski definition) is 0. The molecule has 0 radical (unpaired) electrons. The summed E-state index contributed by atoms with van der Waals surface area (Å²) < 4.78 is 7.06. The van der Waals surface area contributed by atoms with Crippen LogP contribution in [0.3, 0.4) is 0 Å². The molecule has 0 aliphatic carbocycles. The van der Waals surface area contributed by atoms with Crippen LogP contribution in [0.1, 0.15) is 11.6 Å². The fraction of sp³-hybridized carbons (Fsp3) is 0.250. The second-order valence-corrected chi connectivity index (χ2v) is 2.62. The maximum atomic E-state index is 5.03. The van der Waals surface area contributed by atoms with Crippen LogP contribution in [0.5, 0.6) is 0 Å². The zero-order chi connectivity index (χ0) is 8.39. The lowest BCUT2D eigenvalue weighted by Gasteiger charge is -1.97. The molecule has 0 bridgehead atoms. The molecule has 0 aliphatic rings. The van der Waals surface area contributed by atoms with E-state index in [-0.39, 0.29) is 0 Å². The Morgan fingerprint density at radius 1 is 1.58 bits per heavy atom. The first-order chi connectivity index (χ1) is 5.86. The molecule has 12 heavy (non-hydrogen) atoms. The Balaban J connectivity index is 2.20. The minimum absolute atomic E-state index is 0.650. The zero-order valence-corrected chi connectivity index (χ0v) is 6.77. The standard InChI is InChI=1S/C8H9N3O/c1-11-4-2-3-7(11)5-8-10-9-6-12-8/h2-4,6H,5H2,1H3. The van der Waals surface area contributed by atoms with E-state index in [0.29, 0.717) is 12.3 Å². The highest BCUT2D eigenvalue weighted by Gasteiger charge is 2.02. The molecule has 0 N–H and O–H groups in total. The van der Waals surface area contributed by atoms with Crippen molar-refractivity contribution in [3.63, 3.8) is 0 Å². The van der Waals surface area contributed by atoms with Crippen molar-refractivity contribution in [1.82, 2.24) is 14.8 Å². The third kappa shape index (κ3) is 1.23. The molecule has 0 aliphatic heterocycles. The van der Waals surface area contributed by atoms with Gasteiger partial charge in [-0.2, -0.15) is 0 Å². The van der Waals surface area contributed by atoms with Crippen LogP contribution < -0.4 is 0 Å². The molecular weight excluding hydrogens is 154 g/mol. The van der Waals surface area contributed by atoms with Gasteiger partial charge >= 0.3 is 0 Å². The van der Waals surface area contributed by atoms with Gasteiger partial charge in [-0.15, -0.1) is 10.2 Å². The van der Waals surface area contributed by atoms with Gasteiger partial charge in [-0.3, -0.25) is 0 Å². The summed E-state index contributed by atoms with van der Waals surface area (Å²) in [6.45, 7) is 0. The smallest absolute Gasteiger partial charge is 0.222 e. The third-order valence-electron chi connectivity index (χ3n) is 1.79. The molecule has 62 valence electrons. The molecule has 0 saturated carbocycles. The second kappa shape index (κ2) is 2.81. The van der Waals surface area contributed by atoms with E-state index in [0.717, 1.165) is 0 Å². The fourth-order valence-electron chi connectivity index (χ4n) is 1.11. The first kappa shape index (κ1) is 7.09. The lowest BCUT2D eigenvalue weighted by atomic mass is 10.3. The van der Waals surface area contributed by atoms with Gasteiger partial charge in [0.25, 0.3) is 0 Å². The molecule has 0 aromatic carbocycles. The van der Waals surface area contributed by atoms with Crippen LogP contribution in [0.4, 0.5) is 0 Å². The molecule has 2 rings (SSSR count). The van der Waals surface area contributed by atoms with Crippen molar-refractivity contribution in [3.8, 4) is 0 Å². The fourth-order valence-corrected chi connectivity index (χ4v) is 1.11. The highest BCUT2D eigenvalue weighted by Crippen LogP contribution is 2.05. The van der Waals surface area contributed by atoms with Gasteiger partial charge in [0.15, 0.2) is 0 Å². The number of aromatic nitrogens is 3. The van der Waals surface area contributed by atoms with E-state index in [4.69, 9.17) is 4.42 Å². The lowest BCUT2D eigenvalue weighted by molar-refractivity contribution is 0.501. The Labute approximate surface area is 69.8 Å². The summed E-state index contributed by atoms with van der Waals surface area (Å²) in [6.07, 6.45) is 4.04. The van der Waals surface area contributed by atoms with Crippen molar-refractivity contribution in [2.24, 2.45) is 7.05 Å². The van der Waals surface area contributed by atoms with Crippen molar-refractivity contribution < 1.29 is 4.42 Å². The van der Waals surface area contributed by atoms with Gasteiger partial charge in [0, 0.05) is 18.9 Å². The molecule has 2 heterocycles. The number of hydrogen-bond acceptors (Lipinski definition) is 3. The number of aryl methyl sites for hydroxylation is 1. The molecule has 0 unspecified atom stereocenters. The van der Waals surface area contributed by atoms with E-state index in [1.54, 1.807) is 0 Å². The average Bonchev–Trinajstić information content (AvgIpc) is 2.65. The maximum Gasteiger partial charge on any atom is 0.222 e. The summed E-state index contributed by atoms with van der Waals surface area (Å²) in [4.78, 5) is 0. The van der Waals surface area contributed by atoms with E-state index in [1.165, 1.54) is 12.1 Å². The Kier molecular flexibility index (Phi) is 1.66. The Morgan fingerprint density at radius 2 is 2.50 bits per heavy atom.